The van der Waals surface area contributed by atoms with E-state index in [0.717, 1.165) is 0 Å². The molecular weight excluding hydrogens is 390 g/mol. The average Bonchev–Trinajstić information content (AvgIpc) is 3.00. The van der Waals surface area contributed by atoms with Gasteiger partial charge in [0.25, 0.3) is 5.69 Å². The third-order valence-corrected chi connectivity index (χ3v) is 4.17. The first kappa shape index (κ1) is 18.7. The molecule has 2 aromatic carbocycles. The first-order valence-electron chi connectivity index (χ1n) is 7.78. The smallest absolute Gasteiger partial charge is 0.272 e. The average molecular weight is 404 g/mol. The summed E-state index contributed by atoms with van der Waals surface area (Å²) in [6, 6.07) is 11.8. The van der Waals surface area contributed by atoms with Crippen molar-refractivity contribution in [2.24, 2.45) is 5.10 Å². The van der Waals surface area contributed by atoms with Crippen LogP contribution in [0.15, 0.2) is 47.6 Å². The van der Waals surface area contributed by atoms with Crippen LogP contribution in [0.25, 0.3) is 0 Å². The van der Waals surface area contributed by atoms with Gasteiger partial charge in [0.1, 0.15) is 12.4 Å². The molecule has 1 heterocycles. The highest BCUT2D eigenvalue weighted by atomic mass is 35.5. The fourth-order valence-electron chi connectivity index (χ4n) is 2.24. The molecule has 27 heavy (non-hydrogen) atoms. The molecule has 10 heteroatoms. The molecule has 0 radical (unpaired) electrons. The minimum absolute atomic E-state index is 0.0287. The van der Waals surface area contributed by atoms with Crippen molar-refractivity contribution in [3.63, 3.8) is 0 Å². The zero-order chi connectivity index (χ0) is 19.4. The Morgan fingerprint density at radius 1 is 1.37 bits per heavy atom. The summed E-state index contributed by atoms with van der Waals surface area (Å²) in [5, 5.41) is 22.7. The molecule has 1 aromatic heterocycles. The second-order valence-electron chi connectivity index (χ2n) is 5.55. The quantitative estimate of drug-likeness (QED) is 0.287. The Balaban J connectivity index is 1.79. The number of hydrogen-bond donors (Lipinski definition) is 1. The van der Waals surface area contributed by atoms with Gasteiger partial charge in [-0.15, -0.1) is 0 Å². The Labute approximate surface area is 164 Å². The van der Waals surface area contributed by atoms with Gasteiger partial charge in [0.2, 0.25) is 4.77 Å². The normalized spacial score (nSPS) is 11.0. The molecule has 8 nitrogen and oxygen atoms in total. The van der Waals surface area contributed by atoms with E-state index < -0.39 is 4.92 Å². The lowest BCUT2D eigenvalue weighted by Crippen LogP contribution is -2.04. The number of nitrogens with one attached hydrogen (secondary N) is 1. The third kappa shape index (κ3) is 4.57. The highest BCUT2D eigenvalue weighted by molar-refractivity contribution is 7.71. The summed E-state index contributed by atoms with van der Waals surface area (Å²) in [5.41, 5.74) is 1.18. The lowest BCUT2D eigenvalue weighted by atomic mass is 10.1. The van der Waals surface area contributed by atoms with Gasteiger partial charge in [0.15, 0.2) is 5.82 Å². The molecule has 0 atom stereocenters. The van der Waals surface area contributed by atoms with Crippen molar-refractivity contribution in [1.29, 1.82) is 0 Å². The molecule has 0 aliphatic heterocycles. The van der Waals surface area contributed by atoms with Gasteiger partial charge >= 0.3 is 0 Å². The Bertz CT molecular complexity index is 1060. The van der Waals surface area contributed by atoms with Crippen molar-refractivity contribution in [3.05, 3.63) is 79.3 Å². The van der Waals surface area contributed by atoms with E-state index in [1.165, 1.54) is 17.0 Å². The monoisotopic (exact) mass is 403 g/mol. The maximum Gasteiger partial charge on any atom is 0.272 e. The molecule has 0 aliphatic rings. The van der Waals surface area contributed by atoms with Crippen LogP contribution in [0.1, 0.15) is 17.0 Å². The number of rotatable bonds is 6. The van der Waals surface area contributed by atoms with Crippen molar-refractivity contribution in [2.45, 2.75) is 13.5 Å². The second-order valence-corrected chi connectivity index (χ2v) is 6.37. The van der Waals surface area contributed by atoms with Gasteiger partial charge in [0, 0.05) is 22.2 Å². The van der Waals surface area contributed by atoms with Crippen LogP contribution in [0, 0.1) is 21.8 Å². The fraction of sp³-hybridized carbons (Fsp3) is 0.118. The van der Waals surface area contributed by atoms with Crippen LogP contribution in [0.4, 0.5) is 5.69 Å². The standard InChI is InChI=1S/C17H14ClN5O3S/c1-11-2-3-12(8-15(11)23(24)25)9-19-22-16(20-21-17(22)27)10-26-14-6-4-13(18)5-7-14/h2-9H,10H2,1H3,(H,21,27)/b19-9-. The minimum Gasteiger partial charge on any atom is -0.486 e. The molecule has 0 spiro atoms. The number of nitro groups is 1. The molecule has 0 unspecified atom stereocenters. The number of hydrogen-bond acceptors (Lipinski definition) is 6. The molecule has 1 N–H and O–H groups in total. The van der Waals surface area contributed by atoms with E-state index in [2.05, 4.69) is 15.3 Å². The molecular formula is C17H14ClN5O3S. The summed E-state index contributed by atoms with van der Waals surface area (Å²) in [4.78, 5) is 10.6. The number of aryl methyl sites for hydroxylation is 1. The first-order valence-corrected chi connectivity index (χ1v) is 8.57. The van der Waals surface area contributed by atoms with E-state index in [9.17, 15) is 10.1 Å². The summed E-state index contributed by atoms with van der Waals surface area (Å²) in [5.74, 6) is 1.07. The van der Waals surface area contributed by atoms with Crippen LogP contribution in [0.5, 0.6) is 5.75 Å². The van der Waals surface area contributed by atoms with Crippen LogP contribution in [0.2, 0.25) is 5.02 Å². The summed E-state index contributed by atoms with van der Waals surface area (Å²) in [6.07, 6.45) is 1.48. The SMILES string of the molecule is Cc1ccc(/C=N\n2c(COc3ccc(Cl)cc3)n[nH]c2=S)cc1[N+](=O)[O-]. The molecule has 0 bridgehead atoms. The Morgan fingerprint density at radius 2 is 2.11 bits per heavy atom. The van der Waals surface area contributed by atoms with Crippen LogP contribution >= 0.6 is 23.8 Å². The number of aromatic nitrogens is 3. The zero-order valence-corrected chi connectivity index (χ0v) is 15.7. The molecule has 0 fully saturated rings. The summed E-state index contributed by atoms with van der Waals surface area (Å²) >= 11 is 11.0. The second kappa shape index (κ2) is 8.11. The maximum absolute atomic E-state index is 11.1. The number of aromatic amines is 1. The lowest BCUT2D eigenvalue weighted by molar-refractivity contribution is -0.385. The van der Waals surface area contributed by atoms with Gasteiger partial charge < -0.3 is 4.74 Å². The zero-order valence-electron chi connectivity index (χ0n) is 14.1. The number of halogens is 1. The van der Waals surface area contributed by atoms with Crippen molar-refractivity contribution < 1.29 is 9.66 Å². The lowest BCUT2D eigenvalue weighted by Gasteiger charge is -2.05. The molecule has 0 aliphatic carbocycles. The third-order valence-electron chi connectivity index (χ3n) is 3.65. The van der Waals surface area contributed by atoms with Gasteiger partial charge in [-0.2, -0.15) is 14.9 Å². The van der Waals surface area contributed by atoms with Gasteiger partial charge in [-0.25, -0.2) is 5.10 Å². The summed E-state index contributed by atoms with van der Waals surface area (Å²) in [6.45, 7) is 1.80. The number of nitrogens with zero attached hydrogens (tertiary/aromatic N) is 4. The van der Waals surface area contributed by atoms with E-state index in [1.807, 2.05) is 0 Å². The number of benzene rings is 2. The van der Waals surface area contributed by atoms with Crippen molar-refractivity contribution in [1.82, 2.24) is 14.9 Å². The molecule has 0 amide bonds. The Morgan fingerprint density at radius 3 is 2.81 bits per heavy atom. The van der Waals surface area contributed by atoms with Crippen molar-refractivity contribution in [3.8, 4) is 5.75 Å². The number of nitro benzene ring substituents is 1. The van der Waals surface area contributed by atoms with Crippen molar-refractivity contribution in [2.75, 3.05) is 0 Å². The predicted octanol–water partition coefficient (Wildman–Crippen LogP) is 4.27. The number of H-pyrrole nitrogens is 1. The number of ether oxygens (including phenoxy) is 1. The highest BCUT2D eigenvalue weighted by Crippen LogP contribution is 2.19. The first-order chi connectivity index (χ1) is 12.9. The molecule has 0 saturated carbocycles. The van der Waals surface area contributed by atoms with Crippen molar-refractivity contribution >= 4 is 35.7 Å². The van der Waals surface area contributed by atoms with Crippen LogP contribution < -0.4 is 4.74 Å². The van der Waals surface area contributed by atoms with E-state index >= 15 is 0 Å². The van der Waals surface area contributed by atoms with Crippen LogP contribution in [-0.4, -0.2) is 26.0 Å². The molecule has 3 aromatic rings. The summed E-state index contributed by atoms with van der Waals surface area (Å²) < 4.78 is 7.33. The minimum atomic E-state index is -0.429. The van der Waals surface area contributed by atoms with E-state index in [-0.39, 0.29) is 17.1 Å². The molecule has 138 valence electrons. The van der Waals surface area contributed by atoms with E-state index in [1.54, 1.807) is 43.3 Å². The largest absolute Gasteiger partial charge is 0.486 e. The van der Waals surface area contributed by atoms with Gasteiger partial charge in [-0.1, -0.05) is 23.7 Å². The molecule has 0 saturated heterocycles. The predicted molar refractivity (Wildman–Crippen MR) is 104 cm³/mol. The van der Waals surface area contributed by atoms with Crippen LogP contribution in [-0.2, 0) is 6.61 Å². The maximum atomic E-state index is 11.1. The topological polar surface area (TPSA) is 98.3 Å². The Kier molecular flexibility index (Phi) is 5.63. The Hall–Kier alpha value is -3.04. The fourth-order valence-corrected chi connectivity index (χ4v) is 2.57. The van der Waals surface area contributed by atoms with Gasteiger partial charge in [-0.3, -0.25) is 10.1 Å². The highest BCUT2D eigenvalue weighted by Gasteiger charge is 2.11. The van der Waals surface area contributed by atoms with Gasteiger partial charge in [-0.05, 0) is 43.4 Å². The van der Waals surface area contributed by atoms with Crippen LogP contribution in [0.3, 0.4) is 0 Å². The van der Waals surface area contributed by atoms with Gasteiger partial charge in [0.05, 0.1) is 11.1 Å². The van der Waals surface area contributed by atoms with E-state index in [0.29, 0.717) is 27.7 Å². The van der Waals surface area contributed by atoms with E-state index in [4.69, 9.17) is 28.6 Å². The summed E-state index contributed by atoms with van der Waals surface area (Å²) in [7, 11) is 0. The molecule has 3 rings (SSSR count).